The average Bonchev–Trinajstić information content (AvgIpc) is 3.01. The topological polar surface area (TPSA) is 68.1 Å². The van der Waals surface area contributed by atoms with E-state index in [2.05, 4.69) is 26.2 Å². The molecule has 0 bridgehead atoms. The summed E-state index contributed by atoms with van der Waals surface area (Å²) in [5, 5.41) is 7.58. The minimum atomic E-state index is -3.49. The molecule has 1 aliphatic rings. The van der Waals surface area contributed by atoms with E-state index in [0.717, 1.165) is 19.3 Å². The van der Waals surface area contributed by atoms with Crippen LogP contribution in [0.3, 0.4) is 0 Å². The van der Waals surface area contributed by atoms with Crippen LogP contribution in [0.15, 0.2) is 9.63 Å². The van der Waals surface area contributed by atoms with Gasteiger partial charge < -0.3 is 0 Å². The number of hydrogen-bond acceptors (Lipinski definition) is 4. The maximum absolute atomic E-state index is 12.5. The lowest BCUT2D eigenvalue weighted by molar-refractivity contribution is 0.397. The molecule has 2 rings (SSSR count). The van der Waals surface area contributed by atoms with Crippen molar-refractivity contribution in [2.24, 2.45) is 7.05 Å². The van der Waals surface area contributed by atoms with E-state index >= 15 is 0 Å². The van der Waals surface area contributed by atoms with Gasteiger partial charge >= 0.3 is 0 Å². The summed E-state index contributed by atoms with van der Waals surface area (Å²) in [7, 11) is -1.91. The second kappa shape index (κ2) is 4.66. The lowest BCUT2D eigenvalue weighted by Gasteiger charge is -2.20. The monoisotopic (exact) mass is 322 g/mol. The highest BCUT2D eigenvalue weighted by atomic mass is 79.9. The van der Waals surface area contributed by atoms with E-state index in [0.29, 0.717) is 6.54 Å². The van der Waals surface area contributed by atoms with Crippen molar-refractivity contribution in [1.29, 1.82) is 0 Å². The minimum absolute atomic E-state index is 0.137. The van der Waals surface area contributed by atoms with Crippen molar-refractivity contribution in [1.82, 2.24) is 19.3 Å². The first kappa shape index (κ1) is 13.0. The molecule has 0 atom stereocenters. The normalized spacial score (nSPS) is 16.7. The van der Waals surface area contributed by atoms with E-state index in [-0.39, 0.29) is 15.7 Å². The fourth-order valence-electron chi connectivity index (χ4n) is 1.79. The van der Waals surface area contributed by atoms with Gasteiger partial charge in [-0.05, 0) is 35.2 Å². The number of hydrogen-bond donors (Lipinski definition) is 0. The Morgan fingerprint density at radius 2 is 2.18 bits per heavy atom. The molecule has 17 heavy (non-hydrogen) atoms. The van der Waals surface area contributed by atoms with E-state index in [1.165, 1.54) is 4.68 Å². The zero-order valence-electron chi connectivity index (χ0n) is 9.80. The third-order valence-electron chi connectivity index (χ3n) is 2.69. The predicted molar refractivity (Wildman–Crippen MR) is 65.9 cm³/mol. The third kappa shape index (κ3) is 2.38. The molecule has 1 aliphatic carbocycles. The summed E-state index contributed by atoms with van der Waals surface area (Å²) in [4.78, 5) is 0. The molecule has 1 heterocycles. The Bertz CT molecular complexity index is 490. The van der Waals surface area contributed by atoms with Crippen molar-refractivity contribution in [3.8, 4) is 0 Å². The maximum atomic E-state index is 12.5. The molecule has 1 aromatic rings. The Kier molecular flexibility index (Phi) is 3.55. The molecule has 96 valence electrons. The van der Waals surface area contributed by atoms with E-state index in [9.17, 15) is 8.42 Å². The summed E-state index contributed by atoms with van der Waals surface area (Å²) >= 11 is 3.14. The van der Waals surface area contributed by atoms with Crippen LogP contribution in [0.2, 0.25) is 0 Å². The van der Waals surface area contributed by atoms with Gasteiger partial charge in [-0.3, -0.25) is 0 Å². The van der Waals surface area contributed by atoms with E-state index in [4.69, 9.17) is 0 Å². The van der Waals surface area contributed by atoms with Crippen LogP contribution in [0.1, 0.15) is 26.2 Å². The van der Waals surface area contributed by atoms with E-state index < -0.39 is 10.0 Å². The number of aromatic nitrogens is 3. The van der Waals surface area contributed by atoms with Gasteiger partial charge in [0.15, 0.2) is 4.60 Å². The van der Waals surface area contributed by atoms with Crippen molar-refractivity contribution in [2.45, 2.75) is 37.3 Å². The summed E-state index contributed by atoms with van der Waals surface area (Å²) in [5.74, 6) is 0. The summed E-state index contributed by atoms with van der Waals surface area (Å²) in [6.45, 7) is 2.52. The average molecular weight is 323 g/mol. The fraction of sp³-hybridized carbons (Fsp3) is 0.778. The van der Waals surface area contributed by atoms with Gasteiger partial charge in [0.2, 0.25) is 5.03 Å². The van der Waals surface area contributed by atoms with E-state index in [1.54, 1.807) is 11.4 Å². The van der Waals surface area contributed by atoms with Crippen LogP contribution >= 0.6 is 15.9 Å². The molecule has 0 spiro atoms. The zero-order valence-corrected chi connectivity index (χ0v) is 12.2. The molecule has 0 unspecified atom stereocenters. The summed E-state index contributed by atoms with van der Waals surface area (Å²) in [6.07, 6.45) is 2.70. The first-order chi connectivity index (χ1) is 7.98. The van der Waals surface area contributed by atoms with Crippen LogP contribution in [0.4, 0.5) is 0 Å². The third-order valence-corrected chi connectivity index (χ3v) is 5.53. The highest BCUT2D eigenvalue weighted by molar-refractivity contribution is 9.10. The molecule has 1 fully saturated rings. The fourth-order valence-corrected chi connectivity index (χ4v) is 4.60. The Morgan fingerprint density at radius 3 is 2.59 bits per heavy atom. The number of halogens is 1. The molecule has 8 heteroatoms. The van der Waals surface area contributed by atoms with Gasteiger partial charge in [0.05, 0.1) is 0 Å². The lowest BCUT2D eigenvalue weighted by Crippen LogP contribution is -2.35. The van der Waals surface area contributed by atoms with Crippen molar-refractivity contribution >= 4 is 26.0 Å². The van der Waals surface area contributed by atoms with Crippen molar-refractivity contribution < 1.29 is 8.42 Å². The first-order valence-electron chi connectivity index (χ1n) is 5.55. The van der Waals surface area contributed by atoms with Crippen LogP contribution in [0.5, 0.6) is 0 Å². The minimum Gasteiger partial charge on any atom is -0.235 e. The smallest absolute Gasteiger partial charge is 0.235 e. The summed E-state index contributed by atoms with van der Waals surface area (Å²) < 4.78 is 28.1. The van der Waals surface area contributed by atoms with Crippen LogP contribution in [0.25, 0.3) is 0 Å². The predicted octanol–water partition coefficient (Wildman–Crippen LogP) is 1.14. The van der Waals surface area contributed by atoms with Crippen LogP contribution in [-0.4, -0.2) is 40.3 Å². The van der Waals surface area contributed by atoms with Crippen LogP contribution in [0, 0.1) is 0 Å². The highest BCUT2D eigenvalue weighted by Crippen LogP contribution is 2.33. The van der Waals surface area contributed by atoms with Crippen LogP contribution < -0.4 is 0 Å². The number of nitrogens with zero attached hydrogens (tertiary/aromatic N) is 4. The van der Waals surface area contributed by atoms with Gasteiger partial charge in [-0.1, -0.05) is 12.1 Å². The van der Waals surface area contributed by atoms with Gasteiger partial charge in [-0.15, -0.1) is 5.10 Å². The largest absolute Gasteiger partial charge is 0.263 e. The molecular formula is C9H15BrN4O2S. The number of rotatable bonds is 5. The van der Waals surface area contributed by atoms with Gasteiger partial charge in [-0.2, -0.15) is 4.31 Å². The molecule has 0 radical (unpaired) electrons. The standard InChI is InChI=1S/C9H15BrN4O2S/c1-3-6-14(7-4-5-7)17(15,16)9-8(10)11-12-13(9)2/h7H,3-6H2,1-2H3. The lowest BCUT2D eigenvalue weighted by atomic mass is 10.5. The Labute approximate surface area is 109 Å². The maximum Gasteiger partial charge on any atom is 0.263 e. The molecule has 0 saturated heterocycles. The van der Waals surface area contributed by atoms with Crippen molar-refractivity contribution in [3.05, 3.63) is 4.60 Å². The Hall–Kier alpha value is -0.470. The summed E-state index contributed by atoms with van der Waals surface area (Å²) in [5.41, 5.74) is 0. The molecule has 6 nitrogen and oxygen atoms in total. The molecule has 0 amide bonds. The first-order valence-corrected chi connectivity index (χ1v) is 7.78. The zero-order chi connectivity index (χ0) is 12.6. The second-order valence-electron chi connectivity index (χ2n) is 4.16. The quantitative estimate of drug-likeness (QED) is 0.815. The molecule has 0 aromatic carbocycles. The van der Waals surface area contributed by atoms with E-state index in [1.807, 2.05) is 6.92 Å². The van der Waals surface area contributed by atoms with Gasteiger partial charge in [0.25, 0.3) is 10.0 Å². The van der Waals surface area contributed by atoms with Gasteiger partial charge in [0, 0.05) is 19.6 Å². The number of sulfonamides is 1. The highest BCUT2D eigenvalue weighted by Gasteiger charge is 2.40. The Morgan fingerprint density at radius 1 is 1.53 bits per heavy atom. The second-order valence-corrected chi connectivity index (χ2v) is 6.71. The van der Waals surface area contributed by atoms with Gasteiger partial charge in [-0.25, -0.2) is 13.1 Å². The van der Waals surface area contributed by atoms with Crippen molar-refractivity contribution in [3.63, 3.8) is 0 Å². The summed E-state index contributed by atoms with van der Waals surface area (Å²) in [6, 6.07) is 0.154. The van der Waals surface area contributed by atoms with Gasteiger partial charge in [0.1, 0.15) is 0 Å². The van der Waals surface area contributed by atoms with Crippen LogP contribution in [-0.2, 0) is 17.1 Å². The molecule has 0 N–H and O–H groups in total. The molecule has 1 aromatic heterocycles. The molecule has 1 saturated carbocycles. The molecular weight excluding hydrogens is 308 g/mol. The Balaban J connectivity index is 2.40. The SMILES string of the molecule is CCCN(C1CC1)S(=O)(=O)c1c(Br)nnn1C. The van der Waals surface area contributed by atoms with Crippen molar-refractivity contribution in [2.75, 3.05) is 6.54 Å². The number of aryl methyl sites for hydroxylation is 1. The molecule has 0 aliphatic heterocycles.